The van der Waals surface area contributed by atoms with Gasteiger partial charge in [0.2, 0.25) is 0 Å². The highest BCUT2D eigenvalue weighted by molar-refractivity contribution is 7.90. The van der Waals surface area contributed by atoms with Gasteiger partial charge in [0.15, 0.2) is 0 Å². The Morgan fingerprint density at radius 1 is 1.11 bits per heavy atom. The minimum absolute atomic E-state index is 0.119. The smallest absolute Gasteiger partial charge is 0.314 e. The third kappa shape index (κ3) is 1.97. The van der Waals surface area contributed by atoms with E-state index in [9.17, 15) is 18.0 Å². The summed E-state index contributed by atoms with van der Waals surface area (Å²) in [6.07, 6.45) is 0. The zero-order chi connectivity index (χ0) is 13.3. The van der Waals surface area contributed by atoms with Crippen molar-refractivity contribution in [1.82, 2.24) is 9.97 Å². The highest BCUT2D eigenvalue weighted by Gasteiger charge is 2.13. The van der Waals surface area contributed by atoms with Crippen LogP contribution >= 0.6 is 0 Å². The first-order valence-electron chi connectivity index (χ1n) is 4.52. The lowest BCUT2D eigenvalue weighted by Gasteiger charge is -2.00. The molecule has 0 aliphatic carbocycles. The molecule has 0 atom stereocenters. The Morgan fingerprint density at radius 3 is 2.33 bits per heavy atom. The molecule has 2 aromatic rings. The Labute approximate surface area is 98.8 Å². The molecule has 2 rings (SSSR count). The molecule has 0 unspecified atom stereocenters. The van der Waals surface area contributed by atoms with Crippen molar-refractivity contribution in [3.05, 3.63) is 49.3 Å². The van der Waals surface area contributed by atoms with Crippen LogP contribution in [0, 0.1) is 0 Å². The van der Waals surface area contributed by atoms with E-state index < -0.39 is 21.1 Å². The summed E-state index contributed by atoms with van der Waals surface area (Å²) in [7, 11) is -4.13. The summed E-state index contributed by atoms with van der Waals surface area (Å²) >= 11 is 0. The van der Waals surface area contributed by atoms with E-state index in [0.717, 1.165) is 12.1 Å². The predicted octanol–water partition coefficient (Wildman–Crippen LogP) is 0.215. The number of fused-ring (bicyclic) bond motifs is 1. The van der Waals surface area contributed by atoms with Crippen LogP contribution < -0.4 is 11.1 Å². The van der Waals surface area contributed by atoms with Gasteiger partial charge in [-0.1, -0.05) is 0 Å². The SMILES string of the molecule is [N-]=[N+]=NS(=O)(=O)c1ccc2[nH]c(=O)c(=O)[nH]c2c1. The number of benzene rings is 1. The van der Waals surface area contributed by atoms with Gasteiger partial charge >= 0.3 is 11.1 Å². The monoisotopic (exact) mass is 267 g/mol. The number of hydrogen-bond acceptors (Lipinski definition) is 4. The summed E-state index contributed by atoms with van der Waals surface area (Å²) in [6.45, 7) is 0. The molecule has 18 heavy (non-hydrogen) atoms. The second kappa shape index (κ2) is 4.02. The van der Waals surface area contributed by atoms with Crippen LogP contribution in [0.15, 0.2) is 37.2 Å². The lowest BCUT2D eigenvalue weighted by molar-refractivity contribution is 0.597. The highest BCUT2D eigenvalue weighted by Crippen LogP contribution is 2.16. The maximum atomic E-state index is 11.4. The van der Waals surface area contributed by atoms with Gasteiger partial charge in [0, 0.05) is 9.43 Å². The second-order valence-electron chi connectivity index (χ2n) is 3.26. The molecular weight excluding hydrogens is 262 g/mol. The largest absolute Gasteiger partial charge is 0.316 e. The normalized spacial score (nSPS) is 11.1. The molecule has 0 bridgehead atoms. The van der Waals surface area contributed by atoms with Gasteiger partial charge in [-0.05, 0) is 23.7 Å². The van der Waals surface area contributed by atoms with Gasteiger partial charge in [-0.25, -0.2) is 8.42 Å². The Balaban J connectivity index is 2.80. The van der Waals surface area contributed by atoms with Crippen molar-refractivity contribution in [2.75, 3.05) is 0 Å². The van der Waals surface area contributed by atoms with Crippen LogP contribution in [-0.4, -0.2) is 18.4 Å². The van der Waals surface area contributed by atoms with Crippen molar-refractivity contribution in [2.45, 2.75) is 4.90 Å². The van der Waals surface area contributed by atoms with Crippen molar-refractivity contribution >= 4 is 21.1 Å². The van der Waals surface area contributed by atoms with Gasteiger partial charge in [0.1, 0.15) is 0 Å². The Hall–Kier alpha value is -2.58. The molecule has 0 fully saturated rings. The van der Waals surface area contributed by atoms with Crippen molar-refractivity contribution in [3.8, 4) is 0 Å². The molecule has 2 N–H and O–H groups in total. The topological polar surface area (TPSA) is 149 Å². The van der Waals surface area contributed by atoms with Gasteiger partial charge < -0.3 is 9.97 Å². The van der Waals surface area contributed by atoms with Crippen LogP contribution in [0.1, 0.15) is 0 Å². The third-order valence-corrected chi connectivity index (χ3v) is 3.27. The fourth-order valence-electron chi connectivity index (χ4n) is 1.35. The Bertz CT molecular complexity index is 888. The van der Waals surface area contributed by atoms with Crippen molar-refractivity contribution in [1.29, 1.82) is 0 Å². The number of H-pyrrole nitrogens is 2. The predicted molar refractivity (Wildman–Crippen MR) is 61.5 cm³/mol. The van der Waals surface area contributed by atoms with Crippen molar-refractivity contribution < 1.29 is 8.42 Å². The maximum absolute atomic E-state index is 11.4. The van der Waals surface area contributed by atoms with Gasteiger partial charge in [-0.3, -0.25) is 9.59 Å². The lowest BCUT2D eigenvalue weighted by atomic mass is 10.3. The molecule has 0 saturated carbocycles. The van der Waals surface area contributed by atoms with E-state index in [-0.39, 0.29) is 15.9 Å². The first-order chi connectivity index (χ1) is 8.44. The molecule has 1 aromatic heterocycles. The number of nitrogens with one attached hydrogen (secondary N) is 2. The van der Waals surface area contributed by atoms with Crippen LogP contribution in [0.4, 0.5) is 0 Å². The van der Waals surface area contributed by atoms with Crippen LogP contribution in [0.2, 0.25) is 0 Å². The van der Waals surface area contributed by atoms with Gasteiger partial charge in [0.05, 0.1) is 15.9 Å². The van der Waals surface area contributed by atoms with Crippen LogP contribution in [0.5, 0.6) is 0 Å². The molecule has 0 spiro atoms. The summed E-state index contributed by atoms with van der Waals surface area (Å²) < 4.78 is 25.5. The summed E-state index contributed by atoms with van der Waals surface area (Å²) in [5.74, 6) is 0. The molecule has 0 radical (unpaired) electrons. The zero-order valence-corrected chi connectivity index (χ0v) is 9.43. The van der Waals surface area contributed by atoms with E-state index >= 15 is 0 Å². The van der Waals surface area contributed by atoms with Crippen molar-refractivity contribution in [3.63, 3.8) is 0 Å². The third-order valence-electron chi connectivity index (χ3n) is 2.14. The standard InChI is InChI=1S/C8H5N5O4S/c9-12-13-18(16,17)4-1-2-5-6(3-4)11-8(15)7(14)10-5/h1-3H,(H,10,14)(H,11,15). The van der Waals surface area contributed by atoms with Crippen LogP contribution in [0.25, 0.3) is 21.5 Å². The number of sulfonamides is 1. The first kappa shape index (κ1) is 11.9. The van der Waals surface area contributed by atoms with E-state index in [2.05, 4.69) is 19.4 Å². The number of aromatic nitrogens is 2. The minimum atomic E-state index is -4.13. The molecule has 0 aliphatic rings. The average Bonchev–Trinajstić information content (AvgIpc) is 2.30. The Morgan fingerprint density at radius 2 is 1.72 bits per heavy atom. The Kier molecular flexibility index (Phi) is 2.66. The second-order valence-corrected chi connectivity index (χ2v) is 4.85. The van der Waals surface area contributed by atoms with E-state index in [4.69, 9.17) is 5.53 Å². The van der Waals surface area contributed by atoms with Crippen LogP contribution in [-0.2, 0) is 10.0 Å². The molecule has 0 saturated heterocycles. The van der Waals surface area contributed by atoms with E-state index in [1.165, 1.54) is 6.07 Å². The maximum Gasteiger partial charge on any atom is 0.314 e. The average molecular weight is 267 g/mol. The number of nitrogens with zero attached hydrogens (tertiary/aromatic N) is 3. The molecule has 9 nitrogen and oxygen atoms in total. The number of aromatic amines is 2. The summed E-state index contributed by atoms with van der Waals surface area (Å²) in [4.78, 5) is 28.5. The molecule has 0 amide bonds. The minimum Gasteiger partial charge on any atom is -0.316 e. The van der Waals surface area contributed by atoms with E-state index in [1.807, 2.05) is 0 Å². The number of rotatable bonds is 2. The molecule has 0 aliphatic heterocycles. The fraction of sp³-hybridized carbons (Fsp3) is 0. The van der Waals surface area contributed by atoms with E-state index in [1.54, 1.807) is 0 Å². The molecule has 1 heterocycles. The van der Waals surface area contributed by atoms with Gasteiger partial charge in [-0.15, -0.1) is 0 Å². The summed E-state index contributed by atoms with van der Waals surface area (Å²) in [5.41, 5.74) is 6.77. The molecule has 1 aromatic carbocycles. The van der Waals surface area contributed by atoms with Crippen molar-refractivity contribution in [2.24, 2.45) is 4.52 Å². The molecule has 10 heteroatoms. The molecule has 92 valence electrons. The molecular formula is C8H5N5O4S. The lowest BCUT2D eigenvalue weighted by Crippen LogP contribution is -2.28. The number of hydrogen-bond donors (Lipinski definition) is 2. The quantitative estimate of drug-likeness (QED) is 0.346. The van der Waals surface area contributed by atoms with Gasteiger partial charge in [0.25, 0.3) is 10.0 Å². The summed E-state index contributed by atoms with van der Waals surface area (Å²) in [6, 6.07) is 3.53. The van der Waals surface area contributed by atoms with E-state index in [0.29, 0.717) is 0 Å². The number of azide groups is 1. The van der Waals surface area contributed by atoms with Gasteiger partial charge in [-0.2, -0.15) is 0 Å². The first-order valence-corrected chi connectivity index (χ1v) is 5.96. The zero-order valence-electron chi connectivity index (χ0n) is 8.61. The highest BCUT2D eigenvalue weighted by atomic mass is 32.2. The van der Waals surface area contributed by atoms with Crippen LogP contribution in [0.3, 0.4) is 0 Å². The fourth-order valence-corrected chi connectivity index (χ4v) is 2.05. The summed E-state index contributed by atoms with van der Waals surface area (Å²) in [5, 5.41) is 0.